The summed E-state index contributed by atoms with van der Waals surface area (Å²) >= 11 is 5.78. The Labute approximate surface area is 196 Å². The first kappa shape index (κ1) is 27.5. The van der Waals surface area contributed by atoms with Crippen LogP contribution in [0.2, 0.25) is 5.02 Å². The van der Waals surface area contributed by atoms with E-state index in [2.05, 4.69) is 56.8 Å². The Bertz CT molecular complexity index is 836. The molecule has 0 aliphatic carbocycles. The van der Waals surface area contributed by atoms with E-state index in [1.54, 1.807) is 0 Å². The lowest BCUT2D eigenvalue weighted by atomic mass is 10.1. The highest BCUT2D eigenvalue weighted by Gasteiger charge is 2.10. The van der Waals surface area contributed by atoms with Gasteiger partial charge in [0.2, 0.25) is 0 Å². The smallest absolute Gasteiger partial charge is 0.255 e. The number of hydrogen-bond donors (Lipinski definition) is 2. The van der Waals surface area contributed by atoms with Crippen LogP contribution in [0, 0.1) is 0 Å². The first-order valence-electron chi connectivity index (χ1n) is 10.9. The molecule has 2 rings (SSSR count). The SMILES string of the molecule is C[N+](C)(C)Cc1ccccc1.O=C([O-])CCCCCCCNC(=O)c1cc(Cl)ccc1O. The number of aliphatic carboxylic acids is 1. The second kappa shape index (κ2) is 14.5. The van der Waals surface area contributed by atoms with Crippen molar-refractivity contribution in [1.29, 1.82) is 0 Å². The van der Waals surface area contributed by atoms with Crippen LogP contribution < -0.4 is 10.4 Å². The van der Waals surface area contributed by atoms with Gasteiger partial charge in [-0.05, 0) is 37.5 Å². The number of carboxylic acid groups (broad SMARTS) is 1. The number of quaternary nitrogens is 1. The van der Waals surface area contributed by atoms with E-state index in [1.807, 2.05) is 0 Å². The van der Waals surface area contributed by atoms with Crippen LogP contribution in [0.3, 0.4) is 0 Å². The van der Waals surface area contributed by atoms with Gasteiger partial charge in [0.1, 0.15) is 12.3 Å². The fraction of sp³-hybridized carbons (Fsp3) is 0.440. The van der Waals surface area contributed by atoms with Crippen LogP contribution in [0.1, 0.15) is 54.4 Å². The molecule has 0 unspecified atom stereocenters. The van der Waals surface area contributed by atoms with Gasteiger partial charge >= 0.3 is 0 Å². The molecule has 0 aliphatic heterocycles. The van der Waals surface area contributed by atoms with Crippen molar-refractivity contribution in [2.24, 2.45) is 0 Å². The maximum atomic E-state index is 11.8. The lowest BCUT2D eigenvalue weighted by Crippen LogP contribution is -2.33. The van der Waals surface area contributed by atoms with Crippen LogP contribution in [0.5, 0.6) is 5.75 Å². The molecule has 0 atom stereocenters. The summed E-state index contributed by atoms with van der Waals surface area (Å²) in [5, 5.41) is 22.9. The summed E-state index contributed by atoms with van der Waals surface area (Å²) in [4.78, 5) is 22.0. The van der Waals surface area contributed by atoms with Crippen LogP contribution in [-0.4, -0.2) is 49.2 Å². The summed E-state index contributed by atoms with van der Waals surface area (Å²) in [6.07, 6.45) is 4.21. The largest absolute Gasteiger partial charge is 0.550 e. The summed E-state index contributed by atoms with van der Waals surface area (Å²) in [5.41, 5.74) is 1.57. The number of hydrogen-bond acceptors (Lipinski definition) is 4. The van der Waals surface area contributed by atoms with E-state index in [9.17, 15) is 19.8 Å². The van der Waals surface area contributed by atoms with Crippen molar-refractivity contribution in [3.05, 3.63) is 64.7 Å². The third-order valence-corrected chi connectivity index (χ3v) is 4.78. The van der Waals surface area contributed by atoms with E-state index in [0.29, 0.717) is 18.0 Å². The molecular formula is C25H35ClN2O4. The molecule has 6 nitrogen and oxygen atoms in total. The van der Waals surface area contributed by atoms with Crippen LogP contribution in [0.4, 0.5) is 0 Å². The van der Waals surface area contributed by atoms with Gasteiger partial charge in [-0.3, -0.25) is 4.79 Å². The first-order valence-corrected chi connectivity index (χ1v) is 11.3. The molecule has 2 N–H and O–H groups in total. The monoisotopic (exact) mass is 462 g/mol. The number of benzene rings is 2. The van der Waals surface area contributed by atoms with Crippen molar-refractivity contribution in [3.8, 4) is 5.75 Å². The molecule has 2 aromatic rings. The quantitative estimate of drug-likeness (QED) is 0.393. The summed E-state index contributed by atoms with van der Waals surface area (Å²) in [5.74, 6) is -1.46. The van der Waals surface area contributed by atoms with Gasteiger partial charge in [-0.15, -0.1) is 0 Å². The molecule has 0 spiro atoms. The Balaban J connectivity index is 0.000000389. The Kier molecular flexibility index (Phi) is 12.4. The number of nitrogens with one attached hydrogen (secondary N) is 1. The number of carbonyl (C=O) groups excluding carboxylic acids is 2. The van der Waals surface area contributed by atoms with Gasteiger partial charge in [0, 0.05) is 23.1 Å². The van der Waals surface area contributed by atoms with Crippen molar-refractivity contribution >= 4 is 23.5 Å². The van der Waals surface area contributed by atoms with Crippen molar-refractivity contribution in [1.82, 2.24) is 5.32 Å². The minimum Gasteiger partial charge on any atom is -0.550 e. The highest BCUT2D eigenvalue weighted by atomic mass is 35.5. The van der Waals surface area contributed by atoms with Crippen LogP contribution in [0.15, 0.2) is 48.5 Å². The lowest BCUT2D eigenvalue weighted by molar-refractivity contribution is -0.884. The van der Waals surface area contributed by atoms with Crippen molar-refractivity contribution < 1.29 is 24.3 Å². The Morgan fingerprint density at radius 3 is 2.22 bits per heavy atom. The van der Waals surface area contributed by atoms with Gasteiger partial charge < -0.3 is 24.8 Å². The number of carboxylic acids is 1. The zero-order chi connectivity index (χ0) is 24.0. The molecule has 1 amide bonds. The van der Waals surface area contributed by atoms with E-state index in [0.717, 1.165) is 36.7 Å². The Hall–Kier alpha value is -2.57. The molecule has 32 heavy (non-hydrogen) atoms. The average Bonchev–Trinajstić information content (AvgIpc) is 2.71. The topological polar surface area (TPSA) is 89.5 Å². The normalized spacial score (nSPS) is 10.8. The number of rotatable bonds is 11. The summed E-state index contributed by atoms with van der Waals surface area (Å²) in [6.45, 7) is 1.60. The van der Waals surface area contributed by atoms with Crippen LogP contribution >= 0.6 is 11.6 Å². The minimum absolute atomic E-state index is 0.0980. The van der Waals surface area contributed by atoms with Gasteiger partial charge in [-0.1, -0.05) is 61.2 Å². The number of aromatic hydroxyl groups is 1. The molecule has 0 fully saturated rings. The summed E-state index contributed by atoms with van der Waals surface area (Å²) < 4.78 is 0.990. The van der Waals surface area contributed by atoms with Crippen LogP contribution in [0.25, 0.3) is 0 Å². The maximum absolute atomic E-state index is 11.8. The van der Waals surface area contributed by atoms with E-state index in [4.69, 9.17) is 11.6 Å². The van der Waals surface area contributed by atoms with Gasteiger partial charge in [-0.25, -0.2) is 0 Å². The third kappa shape index (κ3) is 13.0. The predicted octanol–water partition coefficient (Wildman–Crippen LogP) is 3.76. The molecular weight excluding hydrogens is 428 g/mol. The third-order valence-electron chi connectivity index (χ3n) is 4.55. The number of amides is 1. The maximum Gasteiger partial charge on any atom is 0.255 e. The highest BCUT2D eigenvalue weighted by molar-refractivity contribution is 6.31. The van der Waals surface area contributed by atoms with Crippen molar-refractivity contribution in [2.45, 2.75) is 45.1 Å². The molecule has 2 aromatic carbocycles. The van der Waals surface area contributed by atoms with Gasteiger partial charge in [0.05, 0.1) is 26.7 Å². The van der Waals surface area contributed by atoms with Gasteiger partial charge in [-0.2, -0.15) is 0 Å². The second-order valence-electron chi connectivity index (χ2n) is 8.74. The fourth-order valence-electron chi connectivity index (χ4n) is 3.04. The molecule has 0 saturated heterocycles. The lowest BCUT2D eigenvalue weighted by Gasteiger charge is -2.23. The average molecular weight is 463 g/mol. The summed E-state index contributed by atoms with van der Waals surface area (Å²) in [7, 11) is 6.60. The van der Waals surface area contributed by atoms with E-state index in [1.165, 1.54) is 23.8 Å². The van der Waals surface area contributed by atoms with Gasteiger partial charge in [0.15, 0.2) is 0 Å². The molecule has 0 radical (unpaired) electrons. The Morgan fingerprint density at radius 2 is 1.59 bits per heavy atom. The zero-order valence-electron chi connectivity index (χ0n) is 19.3. The highest BCUT2D eigenvalue weighted by Crippen LogP contribution is 2.21. The number of carbonyl (C=O) groups is 2. The minimum atomic E-state index is -1.01. The summed E-state index contributed by atoms with van der Waals surface area (Å²) in [6, 6.07) is 14.9. The number of unbranched alkanes of at least 4 members (excludes halogenated alkanes) is 4. The zero-order valence-corrected chi connectivity index (χ0v) is 20.0. The fourth-order valence-corrected chi connectivity index (χ4v) is 3.22. The number of nitrogens with zero attached hydrogens (tertiary/aromatic N) is 1. The molecule has 7 heteroatoms. The molecule has 0 heterocycles. The first-order chi connectivity index (χ1) is 15.1. The molecule has 0 aromatic heterocycles. The number of halogens is 1. The molecule has 0 aliphatic rings. The molecule has 176 valence electrons. The predicted molar refractivity (Wildman–Crippen MR) is 126 cm³/mol. The number of phenols is 1. The number of phenolic OH excluding ortho intramolecular Hbond substituents is 1. The van der Waals surface area contributed by atoms with E-state index >= 15 is 0 Å². The van der Waals surface area contributed by atoms with Crippen molar-refractivity contribution in [2.75, 3.05) is 27.7 Å². The molecule has 0 saturated carbocycles. The standard InChI is InChI=1S/C15H20ClNO4.C10H16N/c16-11-7-8-13(18)12(10-11)15(21)17-9-5-3-1-2-4-6-14(19)20;1-11(2,3)9-10-7-5-4-6-8-10/h7-8,10,18H,1-6,9H2,(H,17,21)(H,19,20);4-8H,9H2,1-3H3/q;+1/p-1. The second-order valence-corrected chi connectivity index (χ2v) is 9.18. The van der Waals surface area contributed by atoms with Crippen LogP contribution in [-0.2, 0) is 11.3 Å². The van der Waals surface area contributed by atoms with Crippen molar-refractivity contribution in [3.63, 3.8) is 0 Å². The molecule has 0 bridgehead atoms. The van der Waals surface area contributed by atoms with Gasteiger partial charge in [0.25, 0.3) is 5.91 Å². The Morgan fingerprint density at radius 1 is 0.969 bits per heavy atom. The van der Waals surface area contributed by atoms with E-state index < -0.39 is 5.97 Å². The van der Waals surface area contributed by atoms with E-state index in [-0.39, 0.29) is 23.6 Å².